The number of alkyl halides is 3. The Bertz CT molecular complexity index is 1300. The lowest BCUT2D eigenvalue weighted by atomic mass is 10.2. The van der Waals surface area contributed by atoms with Crippen LogP contribution in [0.4, 0.5) is 46.8 Å². The molecule has 13 heteroatoms. The van der Waals surface area contributed by atoms with Gasteiger partial charge >= 0.3 is 12.2 Å². The van der Waals surface area contributed by atoms with Gasteiger partial charge < -0.3 is 30.9 Å². The first-order chi connectivity index (χ1) is 18.1. The third kappa shape index (κ3) is 6.64. The monoisotopic (exact) mass is 547 g/mol. The van der Waals surface area contributed by atoms with E-state index in [4.69, 9.17) is 11.6 Å². The van der Waals surface area contributed by atoms with Crippen LogP contribution in [-0.2, 0) is 6.18 Å². The van der Waals surface area contributed by atoms with Crippen molar-refractivity contribution in [2.45, 2.75) is 12.4 Å². The first kappa shape index (κ1) is 27.0. The van der Waals surface area contributed by atoms with Crippen LogP contribution < -0.4 is 20.9 Å². The summed E-state index contributed by atoms with van der Waals surface area (Å²) >= 11 is 6.37. The summed E-state index contributed by atoms with van der Waals surface area (Å²) in [6.45, 7) is 4.95. The van der Waals surface area contributed by atoms with Gasteiger partial charge in [0, 0.05) is 31.9 Å². The molecule has 200 valence electrons. The van der Waals surface area contributed by atoms with Crippen LogP contribution in [0.5, 0.6) is 0 Å². The van der Waals surface area contributed by atoms with Crippen molar-refractivity contribution in [1.29, 1.82) is 0 Å². The van der Waals surface area contributed by atoms with E-state index in [1.54, 1.807) is 18.2 Å². The fraction of sp³-hybridized carbons (Fsp3) is 0.240. The highest BCUT2D eigenvalue weighted by atomic mass is 35.5. The molecule has 4 rings (SSSR count). The van der Waals surface area contributed by atoms with Crippen LogP contribution in [0.1, 0.15) is 5.56 Å². The van der Waals surface area contributed by atoms with Crippen molar-refractivity contribution in [3.63, 3.8) is 0 Å². The van der Waals surface area contributed by atoms with E-state index in [0.717, 1.165) is 12.1 Å². The molecule has 3 aromatic rings. The van der Waals surface area contributed by atoms with Gasteiger partial charge in [-0.05, 0) is 36.4 Å². The molecule has 1 aliphatic heterocycles. The lowest BCUT2D eigenvalue weighted by molar-refractivity contribution is -0.137. The molecule has 1 atom stereocenters. The zero-order chi connectivity index (χ0) is 27.3. The number of carbonyl (C=O) groups is 1. The average molecular weight is 548 g/mol. The molecule has 1 saturated heterocycles. The van der Waals surface area contributed by atoms with E-state index in [1.807, 2.05) is 11.0 Å². The number of hydrogen-bond donors (Lipinski definition) is 4. The molecule has 2 aromatic carbocycles. The van der Waals surface area contributed by atoms with Crippen molar-refractivity contribution in [2.75, 3.05) is 47.0 Å². The first-order valence-electron chi connectivity index (χ1n) is 11.6. The number of para-hydroxylation sites is 2. The quantitative estimate of drug-likeness (QED) is 0.239. The van der Waals surface area contributed by atoms with E-state index in [-0.39, 0.29) is 11.6 Å². The minimum atomic E-state index is -4.50. The highest BCUT2D eigenvalue weighted by Crippen LogP contribution is 2.31. The summed E-state index contributed by atoms with van der Waals surface area (Å²) in [5.41, 5.74) is 0.466. The van der Waals surface area contributed by atoms with Crippen molar-refractivity contribution in [3.05, 3.63) is 78.0 Å². The van der Waals surface area contributed by atoms with Crippen LogP contribution >= 0.6 is 11.6 Å². The molecule has 0 spiro atoms. The Balaban J connectivity index is 1.40. The Labute approximate surface area is 221 Å². The van der Waals surface area contributed by atoms with Crippen LogP contribution in [0.15, 0.2) is 67.4 Å². The van der Waals surface area contributed by atoms with Crippen molar-refractivity contribution < 1.29 is 23.1 Å². The molecule has 0 bridgehead atoms. The normalized spacial score (nSPS) is 14.6. The number of amides is 2. The maximum Gasteiger partial charge on any atom is 0.416 e. The maximum absolute atomic E-state index is 13.0. The molecule has 0 saturated carbocycles. The molecule has 0 radical (unpaired) electrons. The topological polar surface area (TPSA) is 106 Å². The summed E-state index contributed by atoms with van der Waals surface area (Å²) in [4.78, 5) is 24.8. The SMILES string of the molecule is C=CC(O)Nc1ccccc1Nc1ncc(Cl)c(N2CCN(C(=O)Nc3cccc(C(F)(F)F)c3)CC2)n1. The summed E-state index contributed by atoms with van der Waals surface area (Å²) in [7, 11) is 0. The number of carbonyl (C=O) groups excluding carboxylic acids is 1. The van der Waals surface area contributed by atoms with Crippen LogP contribution in [0.25, 0.3) is 0 Å². The van der Waals surface area contributed by atoms with E-state index in [9.17, 15) is 23.1 Å². The number of hydrogen-bond acceptors (Lipinski definition) is 7. The standard InChI is InChI=1S/C25H25ClF3N7O2/c1-2-21(37)32-19-8-3-4-9-20(19)33-23-30-15-18(26)22(34-23)35-10-12-36(13-11-35)24(38)31-17-7-5-6-16(14-17)25(27,28)29/h2-9,14-15,21,32,37H,1,10-13H2,(H,31,38)(H,30,33,34). The van der Waals surface area contributed by atoms with E-state index in [1.165, 1.54) is 29.3 Å². The highest BCUT2D eigenvalue weighted by molar-refractivity contribution is 6.32. The number of halogens is 4. The largest absolute Gasteiger partial charge is 0.416 e. The number of aromatic nitrogens is 2. The zero-order valence-electron chi connectivity index (χ0n) is 20.0. The lowest BCUT2D eigenvalue weighted by Gasteiger charge is -2.35. The molecule has 2 amide bonds. The fourth-order valence-electron chi connectivity index (χ4n) is 3.79. The molecule has 0 aliphatic carbocycles. The molecule has 1 fully saturated rings. The molecule has 4 N–H and O–H groups in total. The predicted octanol–water partition coefficient (Wildman–Crippen LogP) is 5.16. The third-order valence-corrected chi connectivity index (χ3v) is 6.00. The Morgan fingerprint density at radius 2 is 1.82 bits per heavy atom. The molecule has 38 heavy (non-hydrogen) atoms. The molecule has 1 aromatic heterocycles. The summed E-state index contributed by atoms with van der Waals surface area (Å²) in [6.07, 6.45) is -2.62. The predicted molar refractivity (Wildman–Crippen MR) is 141 cm³/mol. The molecule has 9 nitrogen and oxygen atoms in total. The maximum atomic E-state index is 13.0. The summed E-state index contributed by atoms with van der Waals surface area (Å²) in [6, 6.07) is 11.2. The van der Waals surface area contributed by atoms with Crippen molar-refractivity contribution in [2.24, 2.45) is 0 Å². The average Bonchev–Trinajstić information content (AvgIpc) is 2.90. The van der Waals surface area contributed by atoms with Crippen molar-refractivity contribution in [3.8, 4) is 0 Å². The fourth-order valence-corrected chi connectivity index (χ4v) is 4.00. The van der Waals surface area contributed by atoms with Crippen molar-refractivity contribution >= 4 is 46.5 Å². The number of aliphatic hydroxyl groups excluding tert-OH is 1. The summed E-state index contributed by atoms with van der Waals surface area (Å²) in [5.74, 6) is 0.745. The lowest BCUT2D eigenvalue weighted by Crippen LogP contribution is -2.50. The van der Waals surface area contributed by atoms with E-state index >= 15 is 0 Å². The van der Waals surface area contributed by atoms with E-state index < -0.39 is 24.0 Å². The number of nitrogens with one attached hydrogen (secondary N) is 3. The molecule has 2 heterocycles. The van der Waals surface area contributed by atoms with Gasteiger partial charge in [0.15, 0.2) is 5.82 Å². The van der Waals surface area contributed by atoms with Gasteiger partial charge in [-0.1, -0.05) is 36.4 Å². The number of urea groups is 1. The van der Waals surface area contributed by atoms with Gasteiger partial charge in [0.25, 0.3) is 0 Å². The van der Waals surface area contributed by atoms with Crippen LogP contribution in [0.3, 0.4) is 0 Å². The second-order valence-corrected chi connectivity index (χ2v) is 8.75. The van der Waals surface area contributed by atoms with Crippen LogP contribution in [0, 0.1) is 0 Å². The van der Waals surface area contributed by atoms with Crippen LogP contribution in [-0.4, -0.2) is 58.4 Å². The van der Waals surface area contributed by atoms with Crippen molar-refractivity contribution in [1.82, 2.24) is 14.9 Å². The number of rotatable bonds is 7. The second-order valence-electron chi connectivity index (χ2n) is 8.34. The minimum Gasteiger partial charge on any atom is -0.370 e. The Morgan fingerprint density at radius 1 is 1.11 bits per heavy atom. The molecule has 1 aliphatic rings. The number of anilines is 5. The van der Waals surface area contributed by atoms with Gasteiger partial charge in [-0.3, -0.25) is 0 Å². The Morgan fingerprint density at radius 3 is 2.50 bits per heavy atom. The molecular formula is C25H25ClF3N7O2. The molecule has 1 unspecified atom stereocenters. The van der Waals surface area contributed by atoms with E-state index in [2.05, 4.69) is 32.5 Å². The van der Waals surface area contributed by atoms with Gasteiger partial charge in [0.05, 0.1) is 23.1 Å². The van der Waals surface area contributed by atoms with Gasteiger partial charge in [-0.25, -0.2) is 9.78 Å². The van der Waals surface area contributed by atoms with Gasteiger partial charge in [0.1, 0.15) is 11.3 Å². The number of benzene rings is 2. The van der Waals surface area contributed by atoms with E-state index in [0.29, 0.717) is 48.4 Å². The number of aliphatic hydroxyl groups is 1. The van der Waals surface area contributed by atoms with Gasteiger partial charge in [-0.2, -0.15) is 18.2 Å². The third-order valence-electron chi connectivity index (χ3n) is 5.73. The smallest absolute Gasteiger partial charge is 0.370 e. The van der Waals surface area contributed by atoms with Gasteiger partial charge in [0.2, 0.25) is 5.95 Å². The number of nitrogens with zero attached hydrogens (tertiary/aromatic N) is 4. The summed E-state index contributed by atoms with van der Waals surface area (Å²) < 4.78 is 38.9. The first-order valence-corrected chi connectivity index (χ1v) is 12.0. The second kappa shape index (κ2) is 11.6. The number of piperazine rings is 1. The molecular weight excluding hydrogens is 523 g/mol. The summed E-state index contributed by atoms with van der Waals surface area (Å²) in [5, 5.41) is 18.7. The minimum absolute atomic E-state index is 0.0668. The van der Waals surface area contributed by atoms with Gasteiger partial charge in [-0.15, -0.1) is 0 Å². The highest BCUT2D eigenvalue weighted by Gasteiger charge is 2.31. The Hall–Kier alpha value is -4.03. The zero-order valence-corrected chi connectivity index (χ0v) is 20.8. The Kier molecular flexibility index (Phi) is 8.23. The van der Waals surface area contributed by atoms with Crippen LogP contribution in [0.2, 0.25) is 5.02 Å².